The number of carboxylic acids is 1. The Morgan fingerprint density at radius 2 is 2.00 bits per heavy atom. The number of hydrogen-bond acceptors (Lipinski definition) is 4. The highest BCUT2D eigenvalue weighted by Gasteiger charge is 2.11. The quantitative estimate of drug-likeness (QED) is 0.662. The summed E-state index contributed by atoms with van der Waals surface area (Å²) in [6.07, 6.45) is 2.91. The summed E-state index contributed by atoms with van der Waals surface area (Å²) in [7, 11) is 0. The molecule has 0 radical (unpaired) electrons. The first kappa shape index (κ1) is 16.9. The Bertz CT molecular complexity index is 900. The summed E-state index contributed by atoms with van der Waals surface area (Å²) in [5.74, 6) is -0.296. The van der Waals surface area contributed by atoms with Crippen LogP contribution in [0.3, 0.4) is 0 Å². The molecule has 0 aliphatic heterocycles. The van der Waals surface area contributed by atoms with Crippen LogP contribution in [0, 0.1) is 6.92 Å². The Balaban J connectivity index is 1.86. The molecule has 0 aliphatic carbocycles. The minimum atomic E-state index is -0.989. The van der Waals surface area contributed by atoms with Crippen LogP contribution >= 0.6 is 11.3 Å². The van der Waals surface area contributed by atoms with Gasteiger partial charge in [-0.15, -0.1) is 11.3 Å². The van der Waals surface area contributed by atoms with Gasteiger partial charge in [-0.2, -0.15) is 0 Å². The van der Waals surface area contributed by atoms with Crippen molar-refractivity contribution in [3.05, 3.63) is 87.9 Å². The summed E-state index contributed by atoms with van der Waals surface area (Å²) in [6, 6.07) is 17.3. The van der Waals surface area contributed by atoms with Crippen molar-refractivity contribution in [2.45, 2.75) is 13.5 Å². The number of thiazole rings is 1. The Morgan fingerprint density at radius 3 is 2.68 bits per heavy atom. The molecule has 0 spiro atoms. The summed E-state index contributed by atoms with van der Waals surface area (Å²) in [6.45, 7) is 2.36. The third-order valence-electron chi connectivity index (χ3n) is 3.55. The second-order valence-electron chi connectivity index (χ2n) is 5.44. The van der Waals surface area contributed by atoms with E-state index in [2.05, 4.69) is 4.98 Å². The summed E-state index contributed by atoms with van der Waals surface area (Å²) >= 11 is 1.47. The van der Waals surface area contributed by atoms with Gasteiger partial charge in [0.1, 0.15) is 12.4 Å². The van der Waals surface area contributed by atoms with Crippen LogP contribution in [0.1, 0.15) is 21.0 Å². The number of ether oxygens (including phenoxy) is 1. The molecule has 3 rings (SSSR count). The number of nitrogens with zero attached hydrogens (tertiary/aromatic N) is 1. The smallest absolute Gasteiger partial charge is 0.328 e. The third kappa shape index (κ3) is 4.55. The maximum Gasteiger partial charge on any atom is 0.328 e. The fourth-order valence-electron chi connectivity index (χ4n) is 2.40. The van der Waals surface area contributed by atoms with E-state index in [0.29, 0.717) is 17.9 Å². The number of rotatable bonds is 6. The zero-order valence-electron chi connectivity index (χ0n) is 13.7. The number of hydrogen-bond donors (Lipinski definition) is 1. The molecule has 0 saturated heterocycles. The summed E-state index contributed by atoms with van der Waals surface area (Å²) in [4.78, 5) is 16.3. The van der Waals surface area contributed by atoms with Crippen molar-refractivity contribution < 1.29 is 14.6 Å². The van der Waals surface area contributed by atoms with Crippen LogP contribution < -0.4 is 4.74 Å². The van der Waals surface area contributed by atoms with Crippen LogP contribution in [0.25, 0.3) is 5.57 Å². The number of benzene rings is 2. The average molecular weight is 351 g/mol. The van der Waals surface area contributed by atoms with Gasteiger partial charge in [-0.25, -0.2) is 9.78 Å². The average Bonchev–Trinajstić information content (AvgIpc) is 3.05. The molecule has 0 amide bonds. The van der Waals surface area contributed by atoms with Gasteiger partial charge in [0.05, 0.1) is 9.88 Å². The van der Waals surface area contributed by atoms with Crippen molar-refractivity contribution in [3.8, 4) is 5.75 Å². The number of aromatic nitrogens is 1. The molecule has 0 fully saturated rings. The summed E-state index contributed by atoms with van der Waals surface area (Å²) in [5, 5.41) is 10.1. The normalized spacial score (nSPS) is 11.3. The lowest BCUT2D eigenvalue weighted by Gasteiger charge is -2.09. The monoisotopic (exact) mass is 351 g/mol. The van der Waals surface area contributed by atoms with Gasteiger partial charge in [0.25, 0.3) is 0 Å². The predicted octanol–water partition coefficient (Wildman–Crippen LogP) is 4.55. The molecule has 0 saturated carbocycles. The highest BCUT2D eigenvalue weighted by Crippen LogP contribution is 2.30. The van der Waals surface area contributed by atoms with Gasteiger partial charge in [-0.3, -0.25) is 0 Å². The molecular formula is C20H17NO3S. The van der Waals surface area contributed by atoms with Crippen molar-refractivity contribution in [1.82, 2.24) is 4.98 Å². The van der Waals surface area contributed by atoms with Crippen LogP contribution in [0.15, 0.2) is 66.9 Å². The van der Waals surface area contributed by atoms with Crippen molar-refractivity contribution >= 4 is 22.9 Å². The zero-order chi connectivity index (χ0) is 17.6. The summed E-state index contributed by atoms with van der Waals surface area (Å²) < 4.78 is 5.84. The maximum absolute atomic E-state index is 11.2. The van der Waals surface area contributed by atoms with E-state index in [0.717, 1.165) is 21.0 Å². The SMILES string of the molecule is Cc1ncc(/C(=C\C(=O)O)c2cccc(OCc3ccccc3)c2)s1. The molecule has 0 atom stereocenters. The highest BCUT2D eigenvalue weighted by atomic mass is 32.1. The van der Waals surface area contributed by atoms with Crippen molar-refractivity contribution in [2.75, 3.05) is 0 Å². The van der Waals surface area contributed by atoms with Crippen LogP contribution in [-0.4, -0.2) is 16.1 Å². The van der Waals surface area contributed by atoms with Crippen LogP contribution in [0.2, 0.25) is 0 Å². The van der Waals surface area contributed by atoms with E-state index in [1.54, 1.807) is 6.20 Å². The minimum absolute atomic E-state index is 0.460. The van der Waals surface area contributed by atoms with E-state index >= 15 is 0 Å². The van der Waals surface area contributed by atoms with E-state index in [1.165, 1.54) is 17.4 Å². The topological polar surface area (TPSA) is 59.4 Å². The van der Waals surface area contributed by atoms with Gasteiger partial charge >= 0.3 is 5.97 Å². The van der Waals surface area contributed by atoms with Gasteiger partial charge in [0.2, 0.25) is 0 Å². The number of carbonyl (C=O) groups is 1. The second kappa shape index (κ2) is 7.77. The minimum Gasteiger partial charge on any atom is -0.489 e. The van der Waals surface area contributed by atoms with Crippen molar-refractivity contribution in [2.24, 2.45) is 0 Å². The van der Waals surface area contributed by atoms with Gasteiger partial charge in [-0.1, -0.05) is 42.5 Å². The molecule has 5 heteroatoms. The lowest BCUT2D eigenvalue weighted by Crippen LogP contribution is -1.97. The molecule has 2 aromatic carbocycles. The molecule has 1 aromatic heterocycles. The molecule has 0 aliphatic rings. The predicted molar refractivity (Wildman–Crippen MR) is 98.8 cm³/mol. The first-order valence-corrected chi connectivity index (χ1v) is 8.58. The lowest BCUT2D eigenvalue weighted by atomic mass is 10.0. The van der Waals surface area contributed by atoms with Crippen molar-refractivity contribution in [1.29, 1.82) is 0 Å². The molecule has 4 nitrogen and oxygen atoms in total. The van der Waals surface area contributed by atoms with E-state index in [4.69, 9.17) is 4.74 Å². The lowest BCUT2D eigenvalue weighted by molar-refractivity contribution is -0.131. The molecular weight excluding hydrogens is 334 g/mol. The standard InChI is InChI=1S/C20H17NO3S/c1-14-21-12-19(25-14)18(11-20(22)23)16-8-5-9-17(10-16)24-13-15-6-3-2-4-7-15/h2-12H,13H2,1H3,(H,22,23)/b18-11-. The Morgan fingerprint density at radius 1 is 1.20 bits per heavy atom. The van der Waals surface area contributed by atoms with E-state index in [-0.39, 0.29) is 0 Å². The molecule has 126 valence electrons. The Labute approximate surface area is 150 Å². The number of aliphatic carboxylic acids is 1. The molecule has 3 aromatic rings. The van der Waals surface area contributed by atoms with E-state index in [9.17, 15) is 9.90 Å². The number of aryl methyl sites for hydroxylation is 1. The highest BCUT2D eigenvalue weighted by molar-refractivity contribution is 7.12. The van der Waals surface area contributed by atoms with E-state index < -0.39 is 5.97 Å². The van der Waals surface area contributed by atoms with Crippen LogP contribution in [0.5, 0.6) is 5.75 Å². The Kier molecular flexibility index (Phi) is 5.26. The summed E-state index contributed by atoms with van der Waals surface area (Å²) in [5.41, 5.74) is 2.49. The van der Waals surface area contributed by atoms with Gasteiger partial charge in [-0.05, 0) is 30.2 Å². The third-order valence-corrected chi connectivity index (χ3v) is 4.49. The fourth-order valence-corrected chi connectivity index (χ4v) is 3.22. The zero-order valence-corrected chi connectivity index (χ0v) is 14.5. The molecule has 1 N–H and O–H groups in total. The Hall–Kier alpha value is -2.92. The second-order valence-corrected chi connectivity index (χ2v) is 6.68. The largest absolute Gasteiger partial charge is 0.489 e. The van der Waals surface area contributed by atoms with Gasteiger partial charge < -0.3 is 9.84 Å². The van der Waals surface area contributed by atoms with Crippen LogP contribution in [-0.2, 0) is 11.4 Å². The van der Waals surface area contributed by atoms with Gasteiger partial charge in [0.15, 0.2) is 0 Å². The first-order chi connectivity index (χ1) is 12.1. The van der Waals surface area contributed by atoms with Crippen LogP contribution in [0.4, 0.5) is 0 Å². The first-order valence-electron chi connectivity index (χ1n) is 7.76. The number of carboxylic acid groups (broad SMARTS) is 1. The van der Waals surface area contributed by atoms with Gasteiger partial charge in [0, 0.05) is 17.8 Å². The maximum atomic E-state index is 11.2. The fraction of sp³-hybridized carbons (Fsp3) is 0.100. The van der Waals surface area contributed by atoms with E-state index in [1.807, 2.05) is 61.5 Å². The molecule has 0 unspecified atom stereocenters. The molecule has 1 heterocycles. The van der Waals surface area contributed by atoms with Crippen molar-refractivity contribution in [3.63, 3.8) is 0 Å². The molecule has 25 heavy (non-hydrogen) atoms. The molecule has 0 bridgehead atoms.